The van der Waals surface area contributed by atoms with E-state index in [0.29, 0.717) is 6.61 Å². The molecule has 0 saturated heterocycles. The fourth-order valence-electron chi connectivity index (χ4n) is 1.57. The first-order chi connectivity index (χ1) is 8.32. The first-order valence-electron chi connectivity index (χ1n) is 6.38. The van der Waals surface area contributed by atoms with E-state index in [4.69, 9.17) is 9.47 Å². The van der Waals surface area contributed by atoms with Crippen LogP contribution >= 0.6 is 0 Å². The summed E-state index contributed by atoms with van der Waals surface area (Å²) in [6.07, 6.45) is 1.81. The maximum absolute atomic E-state index is 6.05. The van der Waals surface area contributed by atoms with Crippen molar-refractivity contribution in [1.29, 1.82) is 0 Å². The average molecular weight is 248 g/mol. The zero-order chi connectivity index (χ0) is 13.8. The first kappa shape index (κ1) is 14.8. The van der Waals surface area contributed by atoms with Crippen molar-refractivity contribution in [3.8, 4) is 5.75 Å². The molecule has 100 valence electrons. The zero-order valence-electron chi connectivity index (χ0n) is 12.1. The lowest BCUT2D eigenvalue weighted by Gasteiger charge is -2.41. The molecule has 18 heavy (non-hydrogen) atoms. The molecule has 1 atom stereocenters. The van der Waals surface area contributed by atoms with Gasteiger partial charge in [-0.15, -0.1) is 0 Å². The lowest BCUT2D eigenvalue weighted by Crippen LogP contribution is -2.48. The largest absolute Gasteiger partial charge is 0.462 e. The van der Waals surface area contributed by atoms with Crippen molar-refractivity contribution in [3.63, 3.8) is 0 Å². The third kappa shape index (κ3) is 3.36. The van der Waals surface area contributed by atoms with Gasteiger partial charge in [-0.3, -0.25) is 0 Å². The topological polar surface area (TPSA) is 18.5 Å². The normalized spacial score (nSPS) is 14.9. The summed E-state index contributed by atoms with van der Waals surface area (Å²) < 4.78 is 11.9. The molecule has 1 unspecified atom stereocenters. The molecule has 1 rings (SSSR count). The van der Waals surface area contributed by atoms with Crippen LogP contribution < -0.4 is 4.74 Å². The summed E-state index contributed by atoms with van der Waals surface area (Å²) in [5, 5.41) is 0. The molecule has 2 nitrogen and oxygen atoms in total. The summed E-state index contributed by atoms with van der Waals surface area (Å²) in [5.41, 5.74) is 0.969. The third-order valence-electron chi connectivity index (χ3n) is 3.21. The second-order valence-corrected chi connectivity index (χ2v) is 5.50. The van der Waals surface area contributed by atoms with Crippen molar-refractivity contribution >= 4 is 6.08 Å². The van der Waals surface area contributed by atoms with Gasteiger partial charge < -0.3 is 9.47 Å². The Kier molecular flexibility index (Phi) is 4.58. The molecule has 0 saturated carbocycles. The number of hydrogen-bond donors (Lipinski definition) is 0. The van der Waals surface area contributed by atoms with Gasteiger partial charge in [-0.2, -0.15) is 0 Å². The van der Waals surface area contributed by atoms with Crippen molar-refractivity contribution < 1.29 is 9.47 Å². The minimum Gasteiger partial charge on any atom is -0.462 e. The lowest BCUT2D eigenvalue weighted by molar-refractivity contribution is -0.227. The minimum absolute atomic E-state index is 0.111. The van der Waals surface area contributed by atoms with Crippen LogP contribution in [0, 0.1) is 5.41 Å². The highest BCUT2D eigenvalue weighted by atomic mass is 16.7. The lowest BCUT2D eigenvalue weighted by atomic mass is 9.86. The minimum atomic E-state index is -0.641. The molecular weight excluding hydrogens is 224 g/mol. The van der Waals surface area contributed by atoms with Crippen LogP contribution in [-0.4, -0.2) is 12.4 Å². The highest BCUT2D eigenvalue weighted by Gasteiger charge is 2.40. The maximum atomic E-state index is 6.05. The van der Waals surface area contributed by atoms with Crippen LogP contribution in [0.1, 0.15) is 40.2 Å². The molecule has 0 amide bonds. The molecule has 0 N–H and O–H groups in total. The van der Waals surface area contributed by atoms with Crippen molar-refractivity contribution in [2.24, 2.45) is 5.41 Å². The van der Waals surface area contributed by atoms with E-state index in [0.717, 1.165) is 11.3 Å². The quantitative estimate of drug-likeness (QED) is 0.714. The summed E-state index contributed by atoms with van der Waals surface area (Å²) in [6, 6.07) is 7.86. The molecule has 0 spiro atoms. The Balaban J connectivity index is 2.92. The standard InChI is InChI=1S/C16H24O2/c1-7-13-9-11-14(12-10-13)18-16(6,17-8-2)15(3,4)5/h7,9-12H,1,8H2,2-6H3. The van der Waals surface area contributed by atoms with Crippen LogP contribution in [0.5, 0.6) is 5.75 Å². The van der Waals surface area contributed by atoms with Crippen molar-refractivity contribution in [1.82, 2.24) is 0 Å². The molecule has 0 heterocycles. The predicted molar refractivity (Wildman–Crippen MR) is 76.6 cm³/mol. The van der Waals surface area contributed by atoms with Crippen molar-refractivity contribution in [2.45, 2.75) is 40.4 Å². The van der Waals surface area contributed by atoms with E-state index in [-0.39, 0.29) is 5.41 Å². The SMILES string of the molecule is C=Cc1ccc(OC(C)(OCC)C(C)(C)C)cc1. The van der Waals surface area contributed by atoms with E-state index in [1.54, 1.807) is 0 Å². The second kappa shape index (κ2) is 5.57. The van der Waals surface area contributed by atoms with E-state index in [1.807, 2.05) is 44.2 Å². The number of hydrogen-bond acceptors (Lipinski definition) is 2. The predicted octanol–water partition coefficient (Wildman–Crippen LogP) is 4.51. The van der Waals surface area contributed by atoms with Gasteiger partial charge in [0.15, 0.2) is 0 Å². The van der Waals surface area contributed by atoms with Crippen molar-refractivity contribution in [3.05, 3.63) is 36.4 Å². The molecule has 0 fully saturated rings. The monoisotopic (exact) mass is 248 g/mol. The first-order valence-corrected chi connectivity index (χ1v) is 6.38. The van der Waals surface area contributed by atoms with E-state index in [9.17, 15) is 0 Å². The fraction of sp³-hybridized carbons (Fsp3) is 0.500. The Morgan fingerprint density at radius 1 is 1.11 bits per heavy atom. The number of ether oxygens (including phenoxy) is 2. The summed E-state index contributed by atoms with van der Waals surface area (Å²) in [7, 11) is 0. The van der Waals surface area contributed by atoms with E-state index in [1.165, 1.54) is 0 Å². The smallest absolute Gasteiger partial charge is 0.212 e. The summed E-state index contributed by atoms with van der Waals surface area (Å²) >= 11 is 0. The van der Waals surface area contributed by atoms with Crippen LogP contribution in [0.15, 0.2) is 30.8 Å². The number of benzene rings is 1. The summed E-state index contributed by atoms with van der Waals surface area (Å²) in [6.45, 7) is 14.7. The van der Waals surface area contributed by atoms with Gasteiger partial charge in [0.05, 0.1) is 0 Å². The van der Waals surface area contributed by atoms with E-state index < -0.39 is 5.79 Å². The van der Waals surface area contributed by atoms with Gasteiger partial charge in [0.2, 0.25) is 5.79 Å². The van der Waals surface area contributed by atoms with Crippen LogP contribution in [0.25, 0.3) is 6.08 Å². The van der Waals surface area contributed by atoms with Crippen LogP contribution in [0.2, 0.25) is 0 Å². The van der Waals surface area contributed by atoms with Gasteiger partial charge in [-0.1, -0.05) is 45.6 Å². The van der Waals surface area contributed by atoms with Crippen molar-refractivity contribution in [2.75, 3.05) is 6.61 Å². The Morgan fingerprint density at radius 3 is 2.06 bits per heavy atom. The highest BCUT2D eigenvalue weighted by Crippen LogP contribution is 2.35. The Bertz CT molecular complexity index is 387. The van der Waals surface area contributed by atoms with Gasteiger partial charge in [0.1, 0.15) is 5.75 Å². The molecule has 0 bridgehead atoms. The van der Waals surface area contributed by atoms with E-state index >= 15 is 0 Å². The Labute approximate surface area is 111 Å². The molecule has 1 aromatic carbocycles. The number of rotatable bonds is 5. The molecule has 0 radical (unpaired) electrons. The zero-order valence-corrected chi connectivity index (χ0v) is 12.1. The molecular formula is C16H24O2. The second-order valence-electron chi connectivity index (χ2n) is 5.50. The molecule has 0 aromatic heterocycles. The van der Waals surface area contributed by atoms with Gasteiger partial charge in [-0.25, -0.2) is 0 Å². The molecule has 0 aliphatic carbocycles. The Hall–Kier alpha value is -1.28. The maximum Gasteiger partial charge on any atom is 0.212 e. The Morgan fingerprint density at radius 2 is 1.67 bits per heavy atom. The van der Waals surface area contributed by atoms with Gasteiger partial charge in [0, 0.05) is 18.9 Å². The van der Waals surface area contributed by atoms with Gasteiger partial charge in [0.25, 0.3) is 0 Å². The molecule has 1 aromatic rings. The van der Waals surface area contributed by atoms with Gasteiger partial charge >= 0.3 is 0 Å². The summed E-state index contributed by atoms with van der Waals surface area (Å²) in [4.78, 5) is 0. The summed E-state index contributed by atoms with van der Waals surface area (Å²) in [5.74, 6) is 0.170. The molecule has 0 aliphatic rings. The molecule has 0 aliphatic heterocycles. The average Bonchev–Trinajstić information content (AvgIpc) is 2.29. The van der Waals surface area contributed by atoms with E-state index in [2.05, 4.69) is 27.4 Å². The fourth-order valence-corrected chi connectivity index (χ4v) is 1.57. The third-order valence-corrected chi connectivity index (χ3v) is 3.21. The highest BCUT2D eigenvalue weighted by molar-refractivity contribution is 5.48. The van der Waals surface area contributed by atoms with Crippen LogP contribution in [0.3, 0.4) is 0 Å². The molecule has 2 heteroatoms. The van der Waals surface area contributed by atoms with Crippen LogP contribution in [-0.2, 0) is 4.74 Å². The van der Waals surface area contributed by atoms with Gasteiger partial charge in [-0.05, 0) is 24.6 Å². The van der Waals surface area contributed by atoms with Crippen LogP contribution in [0.4, 0.5) is 0 Å².